The van der Waals surface area contributed by atoms with Crippen molar-refractivity contribution in [1.82, 2.24) is 4.98 Å². The van der Waals surface area contributed by atoms with Gasteiger partial charge in [-0.2, -0.15) is 0 Å². The fourth-order valence-corrected chi connectivity index (χ4v) is 2.47. The lowest BCUT2D eigenvalue weighted by atomic mass is 10.2. The van der Waals surface area contributed by atoms with Crippen LogP contribution in [0.3, 0.4) is 0 Å². The Balaban J connectivity index is 2.06. The molecule has 2 aromatic rings. The van der Waals surface area contributed by atoms with Gasteiger partial charge >= 0.3 is 5.97 Å². The first-order chi connectivity index (χ1) is 8.56. The van der Waals surface area contributed by atoms with Crippen LogP contribution in [0.1, 0.15) is 20.2 Å². The van der Waals surface area contributed by atoms with Gasteiger partial charge in [0.05, 0.1) is 22.1 Å². The number of aryl methyl sites for hydroxylation is 1. The van der Waals surface area contributed by atoms with Gasteiger partial charge in [0.2, 0.25) is 0 Å². The van der Waals surface area contributed by atoms with E-state index < -0.39 is 5.97 Å². The SMILES string of the molecule is Cc1ncc(CNc2ccc(C(=O)O)c(Cl)c2)s1. The Kier molecular flexibility index (Phi) is 3.84. The molecular formula is C12H11ClN2O2S. The first-order valence-corrected chi connectivity index (χ1v) is 6.44. The monoisotopic (exact) mass is 282 g/mol. The minimum absolute atomic E-state index is 0.107. The van der Waals surface area contributed by atoms with E-state index in [-0.39, 0.29) is 10.6 Å². The number of aromatic carboxylic acids is 1. The predicted octanol–water partition coefficient (Wildman–Crippen LogP) is 3.42. The van der Waals surface area contributed by atoms with E-state index in [0.29, 0.717) is 6.54 Å². The van der Waals surface area contributed by atoms with Crippen LogP contribution in [0, 0.1) is 6.92 Å². The zero-order valence-electron chi connectivity index (χ0n) is 9.61. The second-order valence-electron chi connectivity index (χ2n) is 3.70. The van der Waals surface area contributed by atoms with Crippen LogP contribution < -0.4 is 5.32 Å². The van der Waals surface area contributed by atoms with E-state index in [1.165, 1.54) is 6.07 Å². The summed E-state index contributed by atoms with van der Waals surface area (Å²) in [5, 5.41) is 13.3. The van der Waals surface area contributed by atoms with Crippen LogP contribution in [0.5, 0.6) is 0 Å². The van der Waals surface area contributed by atoms with E-state index >= 15 is 0 Å². The molecule has 6 heteroatoms. The number of carboxylic acid groups (broad SMARTS) is 1. The molecular weight excluding hydrogens is 272 g/mol. The number of rotatable bonds is 4. The molecule has 0 saturated carbocycles. The molecule has 4 nitrogen and oxygen atoms in total. The Morgan fingerprint density at radius 3 is 2.89 bits per heavy atom. The molecule has 0 aliphatic heterocycles. The van der Waals surface area contributed by atoms with Crippen molar-refractivity contribution >= 4 is 34.6 Å². The van der Waals surface area contributed by atoms with E-state index in [1.54, 1.807) is 23.5 Å². The summed E-state index contributed by atoms with van der Waals surface area (Å²) in [6.45, 7) is 2.60. The minimum atomic E-state index is -1.02. The number of hydrogen-bond acceptors (Lipinski definition) is 4. The summed E-state index contributed by atoms with van der Waals surface area (Å²) in [5.41, 5.74) is 0.895. The fraction of sp³-hybridized carbons (Fsp3) is 0.167. The lowest BCUT2D eigenvalue weighted by Crippen LogP contribution is -2.00. The smallest absolute Gasteiger partial charge is 0.337 e. The van der Waals surface area contributed by atoms with E-state index in [2.05, 4.69) is 10.3 Å². The van der Waals surface area contributed by atoms with Crippen LogP contribution in [-0.2, 0) is 6.54 Å². The van der Waals surface area contributed by atoms with Crippen LogP contribution >= 0.6 is 22.9 Å². The maximum Gasteiger partial charge on any atom is 0.337 e. The molecule has 94 valence electrons. The van der Waals surface area contributed by atoms with Gasteiger partial charge in [-0.05, 0) is 25.1 Å². The Bertz CT molecular complexity index is 583. The quantitative estimate of drug-likeness (QED) is 0.902. The van der Waals surface area contributed by atoms with Gasteiger partial charge in [0.1, 0.15) is 0 Å². The number of nitrogens with zero attached hydrogens (tertiary/aromatic N) is 1. The largest absolute Gasteiger partial charge is 0.478 e. The normalized spacial score (nSPS) is 10.3. The van der Waals surface area contributed by atoms with Crippen molar-refractivity contribution < 1.29 is 9.90 Å². The van der Waals surface area contributed by atoms with Gasteiger partial charge < -0.3 is 10.4 Å². The van der Waals surface area contributed by atoms with Crippen molar-refractivity contribution in [2.75, 3.05) is 5.32 Å². The molecule has 0 atom stereocenters. The second-order valence-corrected chi connectivity index (χ2v) is 5.43. The van der Waals surface area contributed by atoms with Gasteiger partial charge in [0, 0.05) is 16.8 Å². The third-order valence-electron chi connectivity index (χ3n) is 2.34. The lowest BCUT2D eigenvalue weighted by Gasteiger charge is -2.06. The summed E-state index contributed by atoms with van der Waals surface area (Å²) < 4.78 is 0. The number of thiazole rings is 1. The highest BCUT2D eigenvalue weighted by Crippen LogP contribution is 2.22. The zero-order chi connectivity index (χ0) is 13.1. The van der Waals surface area contributed by atoms with Crippen molar-refractivity contribution in [2.24, 2.45) is 0 Å². The molecule has 1 heterocycles. The average Bonchev–Trinajstić information content (AvgIpc) is 2.72. The highest BCUT2D eigenvalue weighted by atomic mass is 35.5. The standard InChI is InChI=1S/C12H11ClN2O2S/c1-7-14-5-9(18-7)6-15-8-2-3-10(12(16)17)11(13)4-8/h2-5,15H,6H2,1H3,(H,16,17). The lowest BCUT2D eigenvalue weighted by molar-refractivity contribution is 0.0697. The number of hydrogen-bond donors (Lipinski definition) is 2. The number of carbonyl (C=O) groups is 1. The second kappa shape index (κ2) is 5.37. The van der Waals surface area contributed by atoms with Gasteiger partial charge in [-0.15, -0.1) is 11.3 Å². The first-order valence-electron chi connectivity index (χ1n) is 5.24. The molecule has 0 saturated heterocycles. The number of halogens is 1. The molecule has 0 fully saturated rings. The third kappa shape index (κ3) is 3.00. The van der Waals surface area contributed by atoms with E-state index in [9.17, 15) is 4.79 Å². The highest BCUT2D eigenvalue weighted by Gasteiger charge is 2.08. The topological polar surface area (TPSA) is 62.2 Å². The van der Waals surface area contributed by atoms with Crippen LogP contribution in [0.25, 0.3) is 0 Å². The van der Waals surface area contributed by atoms with Gasteiger partial charge in [-0.1, -0.05) is 11.6 Å². The Labute approximate surface area is 113 Å². The summed E-state index contributed by atoms with van der Waals surface area (Å²) in [4.78, 5) is 16.1. The molecule has 0 spiro atoms. The van der Waals surface area contributed by atoms with Crippen LogP contribution in [0.2, 0.25) is 5.02 Å². The summed E-state index contributed by atoms with van der Waals surface area (Å²) >= 11 is 7.50. The van der Waals surface area contributed by atoms with Crippen molar-refractivity contribution in [3.05, 3.63) is 44.9 Å². The predicted molar refractivity (Wildman–Crippen MR) is 72.6 cm³/mol. The molecule has 2 rings (SSSR count). The van der Waals surface area contributed by atoms with Crippen molar-refractivity contribution in [2.45, 2.75) is 13.5 Å². The first kappa shape index (κ1) is 12.9. The summed E-state index contributed by atoms with van der Waals surface area (Å²) in [5.74, 6) is -1.02. The highest BCUT2D eigenvalue weighted by molar-refractivity contribution is 7.11. The minimum Gasteiger partial charge on any atom is -0.478 e. The van der Waals surface area contributed by atoms with E-state index in [4.69, 9.17) is 16.7 Å². The molecule has 2 N–H and O–H groups in total. The van der Waals surface area contributed by atoms with Crippen LogP contribution in [-0.4, -0.2) is 16.1 Å². The van der Waals surface area contributed by atoms with Crippen molar-refractivity contribution in [1.29, 1.82) is 0 Å². The number of aromatic nitrogens is 1. The Hall–Kier alpha value is -1.59. The third-order valence-corrected chi connectivity index (χ3v) is 3.56. The van der Waals surface area contributed by atoms with Gasteiger partial charge in [-0.3, -0.25) is 0 Å². The molecule has 0 aliphatic carbocycles. The maximum absolute atomic E-state index is 10.8. The molecule has 0 amide bonds. The molecule has 18 heavy (non-hydrogen) atoms. The molecule has 0 unspecified atom stereocenters. The van der Waals surface area contributed by atoms with Crippen molar-refractivity contribution in [3.8, 4) is 0 Å². The summed E-state index contributed by atoms with van der Waals surface area (Å²) in [7, 11) is 0. The Morgan fingerprint density at radius 2 is 2.33 bits per heavy atom. The number of benzene rings is 1. The average molecular weight is 283 g/mol. The Morgan fingerprint density at radius 1 is 1.56 bits per heavy atom. The van der Waals surface area contributed by atoms with Crippen molar-refractivity contribution in [3.63, 3.8) is 0 Å². The zero-order valence-corrected chi connectivity index (χ0v) is 11.2. The fourth-order valence-electron chi connectivity index (χ4n) is 1.47. The van der Waals surface area contributed by atoms with Gasteiger partial charge in [0.25, 0.3) is 0 Å². The van der Waals surface area contributed by atoms with E-state index in [1.807, 2.05) is 13.1 Å². The molecule has 0 radical (unpaired) electrons. The number of carboxylic acids is 1. The van der Waals surface area contributed by atoms with Gasteiger partial charge in [0.15, 0.2) is 0 Å². The molecule has 0 bridgehead atoms. The van der Waals surface area contributed by atoms with Gasteiger partial charge in [-0.25, -0.2) is 9.78 Å². The number of nitrogens with one attached hydrogen (secondary N) is 1. The molecule has 1 aromatic heterocycles. The molecule has 1 aromatic carbocycles. The summed E-state index contributed by atoms with van der Waals surface area (Å²) in [6, 6.07) is 4.80. The van der Waals surface area contributed by atoms with E-state index in [0.717, 1.165) is 15.6 Å². The van der Waals surface area contributed by atoms with Crippen LogP contribution in [0.4, 0.5) is 5.69 Å². The van der Waals surface area contributed by atoms with Crippen LogP contribution in [0.15, 0.2) is 24.4 Å². The summed E-state index contributed by atoms with van der Waals surface area (Å²) in [6.07, 6.45) is 1.82. The maximum atomic E-state index is 10.8. The number of anilines is 1. The molecule has 0 aliphatic rings.